The molecule has 11 heavy (non-hydrogen) atoms. The molecule has 0 bridgehead atoms. The fourth-order valence-electron chi connectivity index (χ4n) is 1.36. The molecule has 0 N–H and O–H groups in total. The lowest BCUT2D eigenvalue weighted by molar-refractivity contribution is 0.165. The van der Waals surface area contributed by atoms with Gasteiger partial charge in [0.05, 0.1) is 0 Å². The van der Waals surface area contributed by atoms with Gasteiger partial charge in [0.2, 0.25) is 0 Å². The molecule has 0 saturated carbocycles. The van der Waals surface area contributed by atoms with E-state index < -0.39 is 0 Å². The fourth-order valence-corrected chi connectivity index (χ4v) is 1.36. The van der Waals surface area contributed by atoms with E-state index in [2.05, 4.69) is 0 Å². The maximum Gasteiger partial charge on any atom is 0.319 e. The van der Waals surface area contributed by atoms with Crippen LogP contribution in [0.2, 0.25) is 0 Å². The molecule has 1 fully saturated rings. The van der Waals surface area contributed by atoms with Gasteiger partial charge in [0.15, 0.2) is 0 Å². The van der Waals surface area contributed by atoms with Crippen LogP contribution >= 0.6 is 0 Å². The third kappa shape index (κ3) is 2.10. The highest BCUT2D eigenvalue weighted by atomic mass is 16.2. The number of hydrogen-bond donors (Lipinski definition) is 0. The van der Waals surface area contributed by atoms with Gasteiger partial charge in [0.1, 0.15) is 0 Å². The number of rotatable bonds is 0. The first-order valence-corrected chi connectivity index (χ1v) is 4.18. The van der Waals surface area contributed by atoms with Crippen LogP contribution in [0.15, 0.2) is 0 Å². The molecule has 0 aromatic rings. The van der Waals surface area contributed by atoms with Crippen molar-refractivity contribution in [2.24, 2.45) is 0 Å². The highest BCUT2D eigenvalue weighted by Crippen LogP contribution is 2.05. The van der Waals surface area contributed by atoms with Crippen molar-refractivity contribution in [3.63, 3.8) is 0 Å². The molecule has 1 heterocycles. The van der Waals surface area contributed by atoms with Gasteiger partial charge in [0, 0.05) is 27.2 Å². The maximum absolute atomic E-state index is 11.3. The van der Waals surface area contributed by atoms with Crippen molar-refractivity contribution in [2.75, 3.05) is 27.2 Å². The van der Waals surface area contributed by atoms with Crippen molar-refractivity contribution in [1.82, 2.24) is 9.80 Å². The first-order valence-electron chi connectivity index (χ1n) is 4.18. The predicted octanol–water partition coefficient (Wildman–Crippen LogP) is 1.15. The molecule has 0 unspecified atom stereocenters. The van der Waals surface area contributed by atoms with Gasteiger partial charge in [-0.2, -0.15) is 0 Å². The van der Waals surface area contributed by atoms with Crippen LogP contribution in [0.1, 0.15) is 19.3 Å². The van der Waals surface area contributed by atoms with E-state index in [1.807, 2.05) is 14.1 Å². The second-order valence-corrected chi connectivity index (χ2v) is 3.19. The number of urea groups is 1. The van der Waals surface area contributed by atoms with Crippen LogP contribution in [0.4, 0.5) is 4.79 Å². The van der Waals surface area contributed by atoms with Crippen molar-refractivity contribution in [3.8, 4) is 0 Å². The van der Waals surface area contributed by atoms with Crippen LogP contribution in [-0.2, 0) is 0 Å². The molecule has 3 nitrogen and oxygen atoms in total. The van der Waals surface area contributed by atoms with Gasteiger partial charge >= 0.3 is 6.03 Å². The Hall–Kier alpha value is -0.730. The van der Waals surface area contributed by atoms with Crippen molar-refractivity contribution in [1.29, 1.82) is 0 Å². The third-order valence-electron chi connectivity index (χ3n) is 2.14. The van der Waals surface area contributed by atoms with Gasteiger partial charge in [0.25, 0.3) is 0 Å². The largest absolute Gasteiger partial charge is 0.328 e. The molecule has 2 amide bonds. The number of carbonyl (C=O) groups excluding carboxylic acids is 1. The Balaban J connectivity index is 2.49. The molecule has 0 spiro atoms. The van der Waals surface area contributed by atoms with E-state index in [-0.39, 0.29) is 6.03 Å². The summed E-state index contributed by atoms with van der Waals surface area (Å²) in [7, 11) is 3.73. The fraction of sp³-hybridized carbons (Fsp3) is 0.875. The van der Waals surface area contributed by atoms with E-state index in [4.69, 9.17) is 0 Å². The number of hydrogen-bond acceptors (Lipinski definition) is 1. The first-order chi connectivity index (χ1) is 5.22. The molecule has 0 atom stereocenters. The van der Waals surface area contributed by atoms with Crippen LogP contribution in [0.5, 0.6) is 0 Å². The minimum absolute atomic E-state index is 0.157. The minimum Gasteiger partial charge on any atom is -0.328 e. The molecular weight excluding hydrogens is 140 g/mol. The normalized spacial score (nSPS) is 21.5. The average Bonchev–Trinajstić information content (AvgIpc) is 2.00. The molecule has 3 heteroatoms. The van der Waals surface area contributed by atoms with Crippen LogP contribution in [-0.4, -0.2) is 43.0 Å². The lowest BCUT2D eigenvalue weighted by Crippen LogP contribution is -2.41. The Kier molecular flexibility index (Phi) is 2.74. The highest BCUT2D eigenvalue weighted by Gasteiger charge is 2.15. The van der Waals surface area contributed by atoms with Crippen LogP contribution in [0.3, 0.4) is 0 Å². The minimum atomic E-state index is 0.157. The zero-order valence-electron chi connectivity index (χ0n) is 7.34. The summed E-state index contributed by atoms with van der Waals surface area (Å²) in [5.74, 6) is 0. The summed E-state index contributed by atoms with van der Waals surface area (Å²) in [6.45, 7) is 1.81. The highest BCUT2D eigenvalue weighted by molar-refractivity contribution is 5.73. The van der Waals surface area contributed by atoms with E-state index in [1.165, 1.54) is 6.42 Å². The lowest BCUT2D eigenvalue weighted by Gasteiger charge is -2.27. The Morgan fingerprint density at radius 1 is 1.00 bits per heavy atom. The van der Waals surface area contributed by atoms with Gasteiger partial charge in [-0.3, -0.25) is 0 Å². The third-order valence-corrected chi connectivity index (χ3v) is 2.14. The molecule has 1 rings (SSSR count). The Labute approximate surface area is 68.0 Å². The predicted molar refractivity (Wildman–Crippen MR) is 44.5 cm³/mol. The molecule has 0 aliphatic carbocycles. The Morgan fingerprint density at radius 2 is 1.45 bits per heavy atom. The molecule has 64 valence electrons. The van der Waals surface area contributed by atoms with Crippen molar-refractivity contribution in [3.05, 3.63) is 0 Å². The Bertz CT molecular complexity index is 133. The molecule has 1 aliphatic heterocycles. The zero-order chi connectivity index (χ0) is 8.27. The summed E-state index contributed by atoms with van der Waals surface area (Å²) in [5, 5.41) is 0. The van der Waals surface area contributed by atoms with Crippen molar-refractivity contribution >= 4 is 6.03 Å². The van der Waals surface area contributed by atoms with Crippen LogP contribution in [0, 0.1) is 0 Å². The summed E-state index contributed by atoms with van der Waals surface area (Å²) in [4.78, 5) is 14.9. The molecular formula is C8H16N2O. The van der Waals surface area contributed by atoms with E-state index in [9.17, 15) is 4.79 Å². The molecule has 1 saturated heterocycles. The van der Waals surface area contributed by atoms with E-state index >= 15 is 0 Å². The average molecular weight is 156 g/mol. The van der Waals surface area contributed by atoms with Gasteiger partial charge in [-0.05, 0) is 19.3 Å². The van der Waals surface area contributed by atoms with E-state index in [0.29, 0.717) is 0 Å². The summed E-state index contributed by atoms with van der Waals surface area (Å²) in [5.41, 5.74) is 0. The quantitative estimate of drug-likeness (QED) is 0.516. The number of amides is 2. The van der Waals surface area contributed by atoms with E-state index in [0.717, 1.165) is 25.9 Å². The molecule has 0 aromatic heterocycles. The summed E-state index contributed by atoms with van der Waals surface area (Å²) in [6.07, 6.45) is 3.54. The Morgan fingerprint density at radius 3 is 1.91 bits per heavy atom. The summed E-state index contributed by atoms with van der Waals surface area (Å²) < 4.78 is 0. The maximum atomic E-state index is 11.3. The topological polar surface area (TPSA) is 23.6 Å². The van der Waals surface area contributed by atoms with E-state index in [1.54, 1.807) is 9.80 Å². The van der Waals surface area contributed by atoms with Crippen LogP contribution in [0.25, 0.3) is 0 Å². The van der Waals surface area contributed by atoms with Gasteiger partial charge in [-0.25, -0.2) is 4.79 Å². The monoisotopic (exact) mass is 156 g/mol. The summed E-state index contributed by atoms with van der Waals surface area (Å²) >= 11 is 0. The van der Waals surface area contributed by atoms with Gasteiger partial charge < -0.3 is 9.80 Å². The summed E-state index contributed by atoms with van der Waals surface area (Å²) in [6, 6.07) is 0.157. The smallest absolute Gasteiger partial charge is 0.319 e. The SMILES string of the molecule is CN1CCCCCN(C)C1=O. The standard InChI is InChI=1S/C8H16N2O/c1-9-6-4-3-5-7-10(2)8(9)11/h3-7H2,1-2H3. The van der Waals surface area contributed by atoms with Crippen LogP contribution < -0.4 is 0 Å². The lowest BCUT2D eigenvalue weighted by atomic mass is 10.2. The molecule has 1 aliphatic rings. The molecule has 0 aromatic carbocycles. The second-order valence-electron chi connectivity index (χ2n) is 3.19. The number of nitrogens with zero attached hydrogens (tertiary/aromatic N) is 2. The van der Waals surface area contributed by atoms with Gasteiger partial charge in [-0.15, -0.1) is 0 Å². The van der Waals surface area contributed by atoms with Crippen molar-refractivity contribution in [2.45, 2.75) is 19.3 Å². The number of carbonyl (C=O) groups is 1. The second kappa shape index (κ2) is 3.60. The zero-order valence-corrected chi connectivity index (χ0v) is 7.34. The first kappa shape index (κ1) is 8.37. The van der Waals surface area contributed by atoms with Gasteiger partial charge in [-0.1, -0.05) is 0 Å². The van der Waals surface area contributed by atoms with Crippen molar-refractivity contribution < 1.29 is 4.79 Å². The molecule has 0 radical (unpaired) electrons.